The molecule has 3 aromatic heterocycles. The lowest BCUT2D eigenvalue weighted by atomic mass is 9.86. The molecule has 0 unspecified atom stereocenters. The Hall–Kier alpha value is -5.61. The van der Waals surface area contributed by atoms with Crippen molar-refractivity contribution in [1.29, 1.82) is 0 Å². The number of hydrogen-bond donors (Lipinski definition) is 0. The first-order valence-corrected chi connectivity index (χ1v) is 15.2. The Labute approximate surface area is 254 Å². The molecule has 0 bridgehead atoms. The summed E-state index contributed by atoms with van der Waals surface area (Å²) in [6.07, 6.45) is 0. The van der Waals surface area contributed by atoms with E-state index in [1.54, 1.807) is 0 Å². The van der Waals surface area contributed by atoms with Crippen molar-refractivity contribution in [3.8, 4) is 17.1 Å². The SMILES string of the molecule is CC1(C)c2ccccc2-n2c1nc1cc(-n3c4ccccc4c4cc(-n5c6ccccc6c6ccccc65)ccc43)ccc12. The van der Waals surface area contributed by atoms with E-state index in [4.69, 9.17) is 4.98 Å². The molecular weight excluding hydrogens is 536 g/mol. The highest BCUT2D eigenvalue weighted by Crippen LogP contribution is 2.44. The molecule has 4 heteroatoms. The molecule has 0 saturated carbocycles. The summed E-state index contributed by atoms with van der Waals surface area (Å²) in [5.41, 5.74) is 11.7. The van der Waals surface area contributed by atoms with Crippen molar-refractivity contribution in [3.63, 3.8) is 0 Å². The Balaban J connectivity index is 1.21. The molecule has 0 spiro atoms. The van der Waals surface area contributed by atoms with Crippen molar-refractivity contribution in [2.75, 3.05) is 0 Å². The molecule has 4 nitrogen and oxygen atoms in total. The van der Waals surface area contributed by atoms with E-state index in [1.165, 1.54) is 60.5 Å². The smallest absolute Gasteiger partial charge is 0.124 e. The van der Waals surface area contributed by atoms with E-state index in [2.05, 4.69) is 161 Å². The van der Waals surface area contributed by atoms with E-state index in [9.17, 15) is 0 Å². The van der Waals surface area contributed by atoms with Crippen molar-refractivity contribution < 1.29 is 0 Å². The van der Waals surface area contributed by atoms with Gasteiger partial charge in [0.05, 0.1) is 44.2 Å². The van der Waals surface area contributed by atoms with Gasteiger partial charge in [0.25, 0.3) is 0 Å². The van der Waals surface area contributed by atoms with E-state index in [0.29, 0.717) is 0 Å². The second kappa shape index (κ2) is 8.27. The summed E-state index contributed by atoms with van der Waals surface area (Å²) in [7, 11) is 0. The van der Waals surface area contributed by atoms with Crippen molar-refractivity contribution in [2.45, 2.75) is 19.3 Å². The van der Waals surface area contributed by atoms with Crippen LogP contribution in [0.5, 0.6) is 0 Å². The largest absolute Gasteiger partial charge is 0.309 e. The van der Waals surface area contributed by atoms with Gasteiger partial charge >= 0.3 is 0 Å². The van der Waals surface area contributed by atoms with E-state index in [0.717, 1.165) is 22.5 Å². The molecule has 208 valence electrons. The number of hydrogen-bond acceptors (Lipinski definition) is 1. The average molecular weight is 565 g/mol. The molecule has 0 radical (unpaired) electrons. The van der Waals surface area contributed by atoms with Crippen molar-refractivity contribution >= 4 is 54.6 Å². The lowest BCUT2D eigenvalue weighted by molar-refractivity contribution is 0.621. The maximum absolute atomic E-state index is 5.24. The number of para-hydroxylation sites is 4. The van der Waals surface area contributed by atoms with Gasteiger partial charge in [0, 0.05) is 32.9 Å². The minimum absolute atomic E-state index is 0.147. The summed E-state index contributed by atoms with van der Waals surface area (Å²) in [6, 6.07) is 48.5. The van der Waals surface area contributed by atoms with Gasteiger partial charge in [0.2, 0.25) is 0 Å². The van der Waals surface area contributed by atoms with Crippen LogP contribution in [0.15, 0.2) is 133 Å². The molecule has 0 atom stereocenters. The highest BCUT2D eigenvalue weighted by atomic mass is 15.1. The van der Waals surface area contributed by atoms with Crippen molar-refractivity contribution in [3.05, 3.63) is 145 Å². The van der Waals surface area contributed by atoms with Gasteiger partial charge in [-0.1, -0.05) is 72.8 Å². The van der Waals surface area contributed by atoms with Gasteiger partial charge in [-0.25, -0.2) is 4.98 Å². The van der Waals surface area contributed by atoms with E-state index in [1.807, 2.05) is 0 Å². The third-order valence-corrected chi connectivity index (χ3v) is 9.77. The molecule has 0 aliphatic carbocycles. The van der Waals surface area contributed by atoms with Gasteiger partial charge in [0.15, 0.2) is 0 Å². The summed E-state index contributed by atoms with van der Waals surface area (Å²) in [5.74, 6) is 1.10. The Morgan fingerprint density at radius 3 is 1.61 bits per heavy atom. The van der Waals surface area contributed by atoms with Crippen LogP contribution in [-0.4, -0.2) is 18.7 Å². The topological polar surface area (TPSA) is 27.7 Å². The first kappa shape index (κ1) is 23.9. The number of benzene rings is 6. The van der Waals surface area contributed by atoms with Crippen molar-refractivity contribution in [1.82, 2.24) is 18.7 Å². The third-order valence-electron chi connectivity index (χ3n) is 9.77. The van der Waals surface area contributed by atoms with E-state index >= 15 is 0 Å². The minimum Gasteiger partial charge on any atom is -0.309 e. The summed E-state index contributed by atoms with van der Waals surface area (Å²) < 4.78 is 7.14. The van der Waals surface area contributed by atoms with Crippen LogP contribution in [0.3, 0.4) is 0 Å². The Kier molecular flexibility index (Phi) is 4.49. The summed E-state index contributed by atoms with van der Waals surface area (Å²) in [6.45, 7) is 4.55. The first-order chi connectivity index (χ1) is 21.6. The minimum atomic E-state index is -0.147. The molecule has 4 heterocycles. The quantitative estimate of drug-likeness (QED) is 0.205. The van der Waals surface area contributed by atoms with Gasteiger partial charge < -0.3 is 9.13 Å². The zero-order valence-corrected chi connectivity index (χ0v) is 24.5. The fourth-order valence-electron chi connectivity index (χ4n) is 7.77. The second-order valence-electron chi connectivity index (χ2n) is 12.5. The fraction of sp³-hybridized carbons (Fsp3) is 0.0750. The zero-order chi connectivity index (χ0) is 29.2. The molecule has 0 saturated heterocycles. The molecule has 1 aliphatic rings. The molecule has 0 fully saturated rings. The van der Waals surface area contributed by atoms with Gasteiger partial charge in [-0.05, 0) is 80.1 Å². The molecule has 44 heavy (non-hydrogen) atoms. The summed E-state index contributed by atoms with van der Waals surface area (Å²) >= 11 is 0. The molecule has 1 aliphatic heterocycles. The highest BCUT2D eigenvalue weighted by molar-refractivity contribution is 6.12. The highest BCUT2D eigenvalue weighted by Gasteiger charge is 2.38. The third kappa shape index (κ3) is 2.95. The summed E-state index contributed by atoms with van der Waals surface area (Å²) in [4.78, 5) is 5.24. The van der Waals surface area contributed by atoms with Gasteiger partial charge in [0.1, 0.15) is 5.82 Å². The Morgan fingerprint density at radius 2 is 0.955 bits per heavy atom. The van der Waals surface area contributed by atoms with Crippen LogP contribution < -0.4 is 0 Å². The van der Waals surface area contributed by atoms with Crippen LogP contribution in [0.4, 0.5) is 0 Å². The molecule has 0 N–H and O–H groups in total. The van der Waals surface area contributed by atoms with Crippen LogP contribution >= 0.6 is 0 Å². The first-order valence-electron chi connectivity index (χ1n) is 15.2. The summed E-state index contributed by atoms with van der Waals surface area (Å²) in [5, 5.41) is 5.03. The average Bonchev–Trinajstić information content (AvgIpc) is 3.77. The molecule has 10 rings (SSSR count). The second-order valence-corrected chi connectivity index (χ2v) is 12.5. The monoisotopic (exact) mass is 564 g/mol. The van der Waals surface area contributed by atoms with Gasteiger partial charge in [-0.15, -0.1) is 0 Å². The normalized spacial score (nSPS) is 13.9. The fourth-order valence-corrected chi connectivity index (χ4v) is 7.77. The van der Waals surface area contributed by atoms with E-state index < -0.39 is 0 Å². The van der Waals surface area contributed by atoms with Crippen LogP contribution in [0.1, 0.15) is 25.2 Å². The lowest BCUT2D eigenvalue weighted by Crippen LogP contribution is -2.16. The van der Waals surface area contributed by atoms with Crippen LogP contribution in [0, 0.1) is 0 Å². The number of aromatic nitrogens is 4. The molecular formula is C40H28N4. The van der Waals surface area contributed by atoms with Crippen molar-refractivity contribution in [2.24, 2.45) is 0 Å². The van der Waals surface area contributed by atoms with Crippen LogP contribution in [0.2, 0.25) is 0 Å². The zero-order valence-electron chi connectivity index (χ0n) is 24.5. The van der Waals surface area contributed by atoms with Gasteiger partial charge in [-0.3, -0.25) is 4.57 Å². The lowest BCUT2D eigenvalue weighted by Gasteiger charge is -2.17. The predicted octanol–water partition coefficient (Wildman–Crippen LogP) is 9.86. The van der Waals surface area contributed by atoms with Gasteiger partial charge in [-0.2, -0.15) is 0 Å². The molecule has 0 amide bonds. The number of fused-ring (bicyclic) bond motifs is 11. The maximum Gasteiger partial charge on any atom is 0.124 e. The molecule has 6 aromatic carbocycles. The van der Waals surface area contributed by atoms with Crippen LogP contribution in [0.25, 0.3) is 71.7 Å². The number of imidazole rings is 1. The van der Waals surface area contributed by atoms with Crippen LogP contribution in [-0.2, 0) is 5.41 Å². The maximum atomic E-state index is 5.24. The Bertz CT molecular complexity index is 2590. The predicted molar refractivity (Wildman–Crippen MR) is 182 cm³/mol. The van der Waals surface area contributed by atoms with E-state index in [-0.39, 0.29) is 5.41 Å². The molecule has 9 aromatic rings. The Morgan fingerprint density at radius 1 is 0.455 bits per heavy atom. The number of nitrogens with zero attached hydrogens (tertiary/aromatic N) is 4. The standard InChI is InChI=1S/C40H28N4/c1-40(2)31-14-6-10-18-37(31)44-38-22-20-26(24-32(38)41-39(40)44)43-35-17-9-5-13-29(35)30-23-25(19-21-36(30)43)42-33-15-7-3-11-27(33)28-12-4-8-16-34(28)42/h3-24H,1-2H3. The number of rotatable bonds is 2.